The third-order valence-corrected chi connectivity index (χ3v) is 7.82. The molecule has 2 fully saturated rings. The number of aromatic nitrogens is 2. The van der Waals surface area contributed by atoms with E-state index in [-0.39, 0.29) is 41.4 Å². The van der Waals surface area contributed by atoms with Gasteiger partial charge in [-0.1, -0.05) is 6.08 Å². The first-order chi connectivity index (χ1) is 15.8. The number of hydrogen-bond acceptors (Lipinski definition) is 5. The molecule has 1 aromatic rings. The van der Waals surface area contributed by atoms with Gasteiger partial charge in [0.1, 0.15) is 5.83 Å². The van der Waals surface area contributed by atoms with E-state index in [2.05, 4.69) is 5.32 Å². The summed E-state index contributed by atoms with van der Waals surface area (Å²) in [4.78, 5) is 39.2. The number of aliphatic hydroxyl groups is 1. The zero-order valence-electron chi connectivity index (χ0n) is 19.0. The molecule has 2 N–H and O–H groups in total. The van der Waals surface area contributed by atoms with Gasteiger partial charge in [0.05, 0.1) is 23.1 Å². The van der Waals surface area contributed by atoms with Crippen molar-refractivity contribution in [2.45, 2.75) is 82.5 Å². The van der Waals surface area contributed by atoms with E-state index in [1.165, 1.54) is 16.7 Å². The standard InChI is InChI=1S/C24H32FN3O4S/c1-15(29)13-22(30)26-17-5-7-18(8-6-17)28-23(31)20-14-16(25)3-2-4-21(20)27(24(28)32)19-9-11-33-12-10-19/h3-4,14-15,17-19,29H,2,5-13H2,1H3,(H,26,30). The molecule has 7 nitrogen and oxygen atoms in total. The first kappa shape index (κ1) is 24.0. The third-order valence-electron chi connectivity index (χ3n) is 6.77. The van der Waals surface area contributed by atoms with Gasteiger partial charge in [0.25, 0.3) is 5.56 Å². The van der Waals surface area contributed by atoms with Crippen molar-refractivity contribution in [1.29, 1.82) is 0 Å². The molecule has 1 aromatic heterocycles. The Balaban J connectivity index is 1.68. The van der Waals surface area contributed by atoms with Crippen molar-refractivity contribution in [1.82, 2.24) is 14.5 Å². The number of rotatable bonds is 5. The number of nitrogens with one attached hydrogen (secondary N) is 1. The van der Waals surface area contributed by atoms with Gasteiger partial charge in [-0.3, -0.25) is 18.7 Å². The highest BCUT2D eigenvalue weighted by Crippen LogP contribution is 2.28. The highest BCUT2D eigenvalue weighted by atomic mass is 32.2. The highest BCUT2D eigenvalue weighted by Gasteiger charge is 2.28. The van der Waals surface area contributed by atoms with Crippen LogP contribution in [0, 0.1) is 0 Å². The number of carbonyl (C=O) groups excluding carboxylic acids is 1. The van der Waals surface area contributed by atoms with Crippen LogP contribution in [-0.4, -0.2) is 43.8 Å². The maximum absolute atomic E-state index is 14.3. The second kappa shape index (κ2) is 10.4. The van der Waals surface area contributed by atoms with E-state index in [1.807, 2.05) is 11.8 Å². The Morgan fingerprint density at radius 3 is 2.45 bits per heavy atom. The lowest BCUT2D eigenvalue weighted by molar-refractivity contribution is -0.123. The van der Waals surface area contributed by atoms with Gasteiger partial charge < -0.3 is 10.4 Å². The first-order valence-electron chi connectivity index (χ1n) is 11.8. The van der Waals surface area contributed by atoms with Crippen molar-refractivity contribution in [3.05, 3.63) is 43.3 Å². The second-order valence-electron chi connectivity index (χ2n) is 9.27. The van der Waals surface area contributed by atoms with E-state index >= 15 is 0 Å². The van der Waals surface area contributed by atoms with Crippen LogP contribution in [0.4, 0.5) is 4.39 Å². The molecule has 9 heteroatoms. The molecule has 1 saturated carbocycles. The lowest BCUT2D eigenvalue weighted by Crippen LogP contribution is -2.60. The third kappa shape index (κ3) is 5.35. The van der Waals surface area contributed by atoms with Crippen LogP contribution in [0.5, 0.6) is 0 Å². The van der Waals surface area contributed by atoms with E-state index in [0.717, 1.165) is 24.3 Å². The molecule has 1 amide bonds. The van der Waals surface area contributed by atoms with Gasteiger partial charge in [0, 0.05) is 18.1 Å². The topological polar surface area (TPSA) is 93.3 Å². The summed E-state index contributed by atoms with van der Waals surface area (Å²) in [6, 6.07) is -0.323. The lowest BCUT2D eigenvalue weighted by Gasteiger charge is -2.31. The molecule has 0 spiro atoms. The van der Waals surface area contributed by atoms with E-state index in [1.54, 1.807) is 17.6 Å². The summed E-state index contributed by atoms with van der Waals surface area (Å²) in [6.07, 6.45) is 8.34. The summed E-state index contributed by atoms with van der Waals surface area (Å²) in [7, 11) is 0. The SMILES string of the molecule is CC(O)CC(=O)NC1CCC(n2c(=O)c3c(n(C4CCSCC4)c2=O)=CCC=C(F)C=3)CC1. The van der Waals surface area contributed by atoms with Gasteiger partial charge >= 0.3 is 5.69 Å². The zero-order valence-corrected chi connectivity index (χ0v) is 19.8. The van der Waals surface area contributed by atoms with Crippen LogP contribution in [-0.2, 0) is 4.79 Å². The minimum atomic E-state index is -0.696. The van der Waals surface area contributed by atoms with Crippen molar-refractivity contribution < 1.29 is 14.3 Å². The average molecular weight is 478 g/mol. The van der Waals surface area contributed by atoms with Crippen molar-refractivity contribution in [3.63, 3.8) is 0 Å². The fraction of sp³-hybridized carbons (Fsp3) is 0.625. The first-order valence-corrected chi connectivity index (χ1v) is 13.0. The molecule has 1 saturated heterocycles. The highest BCUT2D eigenvalue weighted by molar-refractivity contribution is 7.99. The Kier molecular flexibility index (Phi) is 7.58. The van der Waals surface area contributed by atoms with Crippen molar-refractivity contribution in [3.8, 4) is 0 Å². The van der Waals surface area contributed by atoms with Crippen LogP contribution >= 0.6 is 11.8 Å². The molecule has 0 bridgehead atoms. The Bertz CT molecular complexity index is 1160. The molecule has 4 rings (SSSR count). The lowest BCUT2D eigenvalue weighted by atomic mass is 9.90. The number of amides is 1. The van der Waals surface area contributed by atoms with Crippen LogP contribution in [0.3, 0.4) is 0 Å². The summed E-state index contributed by atoms with van der Waals surface area (Å²) in [6.45, 7) is 1.57. The minimum Gasteiger partial charge on any atom is -0.393 e. The molecule has 2 aliphatic carbocycles. The fourth-order valence-corrected chi connectivity index (χ4v) is 6.23. The van der Waals surface area contributed by atoms with Crippen molar-refractivity contribution >= 4 is 29.8 Å². The molecule has 2 heterocycles. The van der Waals surface area contributed by atoms with Gasteiger partial charge in [0.2, 0.25) is 5.91 Å². The van der Waals surface area contributed by atoms with E-state index < -0.39 is 17.5 Å². The molecule has 1 aliphatic heterocycles. The summed E-state index contributed by atoms with van der Waals surface area (Å²) < 4.78 is 17.4. The largest absolute Gasteiger partial charge is 0.393 e. The summed E-state index contributed by atoms with van der Waals surface area (Å²) in [5.74, 6) is 1.26. The maximum Gasteiger partial charge on any atom is 0.331 e. The summed E-state index contributed by atoms with van der Waals surface area (Å²) in [5.41, 5.74) is -0.732. The smallest absolute Gasteiger partial charge is 0.331 e. The zero-order chi connectivity index (χ0) is 23.5. The second-order valence-corrected chi connectivity index (χ2v) is 10.5. The van der Waals surface area contributed by atoms with E-state index in [9.17, 15) is 23.9 Å². The molecule has 0 radical (unpaired) electrons. The van der Waals surface area contributed by atoms with Crippen LogP contribution in [0.15, 0.2) is 21.5 Å². The van der Waals surface area contributed by atoms with Crippen LogP contribution < -0.4 is 27.1 Å². The van der Waals surface area contributed by atoms with Crippen LogP contribution in [0.1, 0.15) is 70.4 Å². The van der Waals surface area contributed by atoms with Crippen molar-refractivity contribution in [2.24, 2.45) is 0 Å². The van der Waals surface area contributed by atoms with Gasteiger partial charge in [-0.25, -0.2) is 9.18 Å². The number of hydrogen-bond donors (Lipinski definition) is 2. The van der Waals surface area contributed by atoms with E-state index in [4.69, 9.17) is 0 Å². The minimum absolute atomic E-state index is 0.00117. The van der Waals surface area contributed by atoms with Crippen LogP contribution in [0.25, 0.3) is 12.2 Å². The van der Waals surface area contributed by atoms with Gasteiger partial charge in [0.15, 0.2) is 0 Å². The van der Waals surface area contributed by atoms with E-state index in [0.29, 0.717) is 37.5 Å². The predicted molar refractivity (Wildman–Crippen MR) is 128 cm³/mol. The Morgan fingerprint density at radius 1 is 1.12 bits per heavy atom. The molecule has 33 heavy (non-hydrogen) atoms. The number of thioether (sulfide) groups is 1. The van der Waals surface area contributed by atoms with Crippen molar-refractivity contribution in [2.75, 3.05) is 11.5 Å². The number of halogens is 1. The predicted octanol–water partition coefficient (Wildman–Crippen LogP) is 1.27. The molecule has 0 aromatic carbocycles. The van der Waals surface area contributed by atoms with Gasteiger partial charge in [-0.15, -0.1) is 0 Å². The molecular formula is C24H32FN3O4S. The maximum atomic E-state index is 14.3. The summed E-state index contributed by atoms with van der Waals surface area (Å²) in [5, 5.41) is 13.1. The van der Waals surface area contributed by atoms with Gasteiger partial charge in [-0.2, -0.15) is 11.8 Å². The number of allylic oxidation sites excluding steroid dienone is 2. The number of aliphatic hydroxyl groups excluding tert-OH is 1. The Morgan fingerprint density at radius 2 is 1.79 bits per heavy atom. The van der Waals surface area contributed by atoms with Crippen LogP contribution in [0.2, 0.25) is 0 Å². The Hall–Kier alpha value is -2.13. The molecular weight excluding hydrogens is 445 g/mol. The monoisotopic (exact) mass is 477 g/mol. The molecule has 3 aliphatic rings. The molecule has 180 valence electrons. The average Bonchev–Trinajstić information content (AvgIpc) is 2.97. The summed E-state index contributed by atoms with van der Waals surface area (Å²) >= 11 is 1.86. The normalized spacial score (nSPS) is 24.5. The number of nitrogens with zero attached hydrogens (tertiary/aromatic N) is 2. The van der Waals surface area contributed by atoms with Gasteiger partial charge in [-0.05, 0) is 75.5 Å². The molecule has 1 unspecified atom stereocenters. The quantitative estimate of drug-likeness (QED) is 0.666. The molecule has 1 atom stereocenters. The number of fused-ring (bicyclic) bond motifs is 1. The Labute approximate surface area is 196 Å². The number of carbonyl (C=O) groups is 1. The fourth-order valence-electron chi connectivity index (χ4n) is 5.15.